The van der Waals surface area contributed by atoms with Crippen LogP contribution in [0.5, 0.6) is 0 Å². The molecule has 1 atom stereocenters. The van der Waals surface area contributed by atoms with Crippen molar-refractivity contribution in [2.45, 2.75) is 49.6 Å². The molecular weight excluding hydrogens is 358 g/mol. The second kappa shape index (κ2) is 6.78. The van der Waals surface area contributed by atoms with Crippen molar-refractivity contribution < 1.29 is 17.7 Å². The summed E-state index contributed by atoms with van der Waals surface area (Å²) in [6.45, 7) is 2.99. The number of nitrogens with one attached hydrogen (secondary N) is 2. The number of hydrogen-bond acceptors (Lipinski definition) is 7. The van der Waals surface area contributed by atoms with Crippen LogP contribution in [0.25, 0.3) is 0 Å². The van der Waals surface area contributed by atoms with Gasteiger partial charge in [-0.25, -0.2) is 8.42 Å². The van der Waals surface area contributed by atoms with E-state index in [0.29, 0.717) is 11.5 Å². The number of amides is 1. The first-order chi connectivity index (χ1) is 12.2. The van der Waals surface area contributed by atoms with E-state index in [1.54, 1.807) is 6.92 Å². The number of rotatable bonds is 6. The Kier molecular flexibility index (Phi) is 4.82. The van der Waals surface area contributed by atoms with Crippen molar-refractivity contribution in [1.82, 2.24) is 14.9 Å². The number of hydrogen-bond donors (Lipinski definition) is 3. The molecule has 1 saturated carbocycles. The first kappa shape index (κ1) is 18.5. The van der Waals surface area contributed by atoms with E-state index in [2.05, 4.69) is 20.2 Å². The summed E-state index contributed by atoms with van der Waals surface area (Å²) in [5.41, 5.74) is 6.10. The Balaban J connectivity index is 1.71. The van der Waals surface area contributed by atoms with Crippen LogP contribution >= 0.6 is 0 Å². The minimum absolute atomic E-state index is 0.0625. The van der Waals surface area contributed by atoms with Crippen LogP contribution in [0.15, 0.2) is 33.7 Å². The van der Waals surface area contributed by atoms with Gasteiger partial charge in [0.05, 0.1) is 16.5 Å². The number of nitrogens with zero attached hydrogens (tertiary/aromatic N) is 2. The number of aromatic nitrogens is 2. The quantitative estimate of drug-likeness (QED) is 0.689. The predicted octanol–water partition coefficient (Wildman–Crippen LogP) is 1.41. The average Bonchev–Trinajstić information content (AvgIpc) is 3.02. The van der Waals surface area contributed by atoms with Crippen molar-refractivity contribution in [1.29, 1.82) is 0 Å². The third kappa shape index (κ3) is 3.76. The molecule has 0 aliphatic heterocycles. The number of benzene rings is 1. The van der Waals surface area contributed by atoms with Crippen LogP contribution in [0.3, 0.4) is 0 Å². The normalized spacial score (nSPS) is 17.3. The molecule has 0 saturated heterocycles. The molecular formula is C16H21N5O4S. The lowest BCUT2D eigenvalue weighted by Crippen LogP contribution is -2.44. The minimum atomic E-state index is -3.79. The lowest BCUT2D eigenvalue weighted by atomic mass is 9.77. The van der Waals surface area contributed by atoms with Crippen LogP contribution in [-0.4, -0.2) is 24.5 Å². The van der Waals surface area contributed by atoms with Gasteiger partial charge in [0.15, 0.2) is 5.82 Å². The molecule has 0 bridgehead atoms. The summed E-state index contributed by atoms with van der Waals surface area (Å²) in [5.74, 6) is 0.336. The lowest BCUT2D eigenvalue weighted by Gasteiger charge is -2.34. The van der Waals surface area contributed by atoms with Crippen LogP contribution in [-0.2, 0) is 20.4 Å². The van der Waals surface area contributed by atoms with E-state index in [1.165, 1.54) is 31.2 Å². The number of anilines is 1. The summed E-state index contributed by atoms with van der Waals surface area (Å²) in [7, 11) is -3.79. The molecule has 1 heterocycles. The summed E-state index contributed by atoms with van der Waals surface area (Å²) < 4.78 is 32.7. The van der Waals surface area contributed by atoms with Gasteiger partial charge in [-0.15, -0.1) is 0 Å². The molecule has 0 radical (unpaired) electrons. The van der Waals surface area contributed by atoms with Crippen molar-refractivity contribution >= 4 is 21.6 Å². The standard InChI is InChI=1S/C16H21N5O4S/c1-10(14-19-15(20-25-14)16(17)8-3-9-16)21-26(23,24)13-6-4-12(5-7-13)18-11(2)22/h4-7,10,21H,3,8-9,17H2,1-2H3,(H,18,22). The van der Waals surface area contributed by atoms with Gasteiger partial charge in [0.1, 0.15) is 0 Å². The zero-order valence-corrected chi connectivity index (χ0v) is 15.3. The zero-order chi connectivity index (χ0) is 18.9. The largest absolute Gasteiger partial charge is 0.338 e. The maximum absolute atomic E-state index is 12.5. The highest BCUT2D eigenvalue weighted by Gasteiger charge is 2.39. The molecule has 2 aromatic rings. The van der Waals surface area contributed by atoms with Crippen molar-refractivity contribution in [2.75, 3.05) is 5.32 Å². The highest BCUT2D eigenvalue weighted by molar-refractivity contribution is 7.89. The van der Waals surface area contributed by atoms with E-state index in [0.717, 1.165) is 19.3 Å². The molecule has 1 amide bonds. The predicted molar refractivity (Wildman–Crippen MR) is 93.5 cm³/mol. The first-order valence-electron chi connectivity index (χ1n) is 8.23. The molecule has 0 spiro atoms. The van der Waals surface area contributed by atoms with E-state index in [1.807, 2.05) is 0 Å². The smallest absolute Gasteiger partial charge is 0.244 e. The van der Waals surface area contributed by atoms with E-state index in [-0.39, 0.29) is 16.7 Å². The summed E-state index contributed by atoms with van der Waals surface area (Å²) in [5, 5.41) is 6.47. The van der Waals surface area contributed by atoms with Crippen LogP contribution in [0.1, 0.15) is 50.9 Å². The Hall–Kier alpha value is -2.30. The Morgan fingerprint density at radius 3 is 2.50 bits per heavy atom. The van der Waals surface area contributed by atoms with Gasteiger partial charge >= 0.3 is 0 Å². The third-order valence-electron chi connectivity index (χ3n) is 4.32. The highest BCUT2D eigenvalue weighted by atomic mass is 32.2. The van der Waals surface area contributed by atoms with E-state index >= 15 is 0 Å². The van der Waals surface area contributed by atoms with Crippen LogP contribution in [0.4, 0.5) is 5.69 Å². The van der Waals surface area contributed by atoms with Gasteiger partial charge in [-0.2, -0.15) is 9.71 Å². The minimum Gasteiger partial charge on any atom is -0.338 e. The van der Waals surface area contributed by atoms with Gasteiger partial charge in [-0.3, -0.25) is 4.79 Å². The molecule has 1 unspecified atom stereocenters. The average molecular weight is 379 g/mol. The summed E-state index contributed by atoms with van der Waals surface area (Å²) >= 11 is 0. The van der Waals surface area contributed by atoms with Crippen molar-refractivity contribution in [3.05, 3.63) is 36.0 Å². The van der Waals surface area contributed by atoms with Gasteiger partial charge in [0.25, 0.3) is 0 Å². The SMILES string of the molecule is CC(=O)Nc1ccc(S(=O)(=O)NC(C)c2nc(C3(N)CCC3)no2)cc1. The van der Waals surface area contributed by atoms with Gasteiger partial charge in [0, 0.05) is 12.6 Å². The van der Waals surface area contributed by atoms with E-state index in [4.69, 9.17) is 10.3 Å². The van der Waals surface area contributed by atoms with Crippen molar-refractivity contribution in [3.8, 4) is 0 Å². The summed E-state index contributed by atoms with van der Waals surface area (Å²) in [4.78, 5) is 15.3. The second-order valence-electron chi connectivity index (χ2n) is 6.51. The second-order valence-corrected chi connectivity index (χ2v) is 8.23. The molecule has 1 aromatic carbocycles. The fraction of sp³-hybridized carbons (Fsp3) is 0.438. The Bertz CT molecular complexity index is 903. The van der Waals surface area contributed by atoms with E-state index < -0.39 is 21.6 Å². The van der Waals surface area contributed by atoms with Gasteiger partial charge < -0.3 is 15.6 Å². The lowest BCUT2D eigenvalue weighted by molar-refractivity contribution is -0.114. The Morgan fingerprint density at radius 2 is 1.96 bits per heavy atom. The number of nitrogens with two attached hydrogens (primary N) is 1. The molecule has 4 N–H and O–H groups in total. The molecule has 1 aliphatic carbocycles. The summed E-state index contributed by atoms with van der Waals surface area (Å²) in [6.07, 6.45) is 2.58. The van der Waals surface area contributed by atoms with E-state index in [9.17, 15) is 13.2 Å². The number of carbonyl (C=O) groups is 1. The number of carbonyl (C=O) groups excluding carboxylic acids is 1. The van der Waals surface area contributed by atoms with Gasteiger partial charge in [0.2, 0.25) is 21.8 Å². The van der Waals surface area contributed by atoms with Crippen molar-refractivity contribution in [2.24, 2.45) is 5.73 Å². The molecule has 9 nitrogen and oxygen atoms in total. The van der Waals surface area contributed by atoms with Crippen LogP contribution in [0.2, 0.25) is 0 Å². The summed E-state index contributed by atoms with van der Waals surface area (Å²) in [6, 6.07) is 5.13. The Morgan fingerprint density at radius 1 is 1.31 bits per heavy atom. The molecule has 1 aromatic heterocycles. The molecule has 1 aliphatic rings. The highest BCUT2D eigenvalue weighted by Crippen LogP contribution is 2.37. The maximum Gasteiger partial charge on any atom is 0.244 e. The van der Waals surface area contributed by atoms with Crippen molar-refractivity contribution in [3.63, 3.8) is 0 Å². The fourth-order valence-corrected chi connectivity index (χ4v) is 3.86. The topological polar surface area (TPSA) is 140 Å². The third-order valence-corrected chi connectivity index (χ3v) is 5.88. The molecule has 26 heavy (non-hydrogen) atoms. The molecule has 140 valence electrons. The fourth-order valence-electron chi connectivity index (χ4n) is 2.67. The van der Waals surface area contributed by atoms with Crippen LogP contribution < -0.4 is 15.8 Å². The molecule has 1 fully saturated rings. The Labute approximate surface area is 151 Å². The molecule has 10 heteroatoms. The van der Waals surface area contributed by atoms with Crippen LogP contribution in [0, 0.1) is 0 Å². The maximum atomic E-state index is 12.5. The first-order valence-corrected chi connectivity index (χ1v) is 9.71. The monoisotopic (exact) mass is 379 g/mol. The van der Waals surface area contributed by atoms with Gasteiger partial charge in [-0.1, -0.05) is 5.16 Å². The number of sulfonamides is 1. The van der Waals surface area contributed by atoms with Gasteiger partial charge in [-0.05, 0) is 50.5 Å². The zero-order valence-electron chi connectivity index (χ0n) is 14.5. The molecule has 3 rings (SSSR count).